The average Bonchev–Trinajstić information content (AvgIpc) is 2.97. The summed E-state index contributed by atoms with van der Waals surface area (Å²) in [7, 11) is 0. The SMILES string of the molecule is CCC1(CNCCC2CCCO2)CCCC1. The van der Waals surface area contributed by atoms with Crippen LogP contribution in [0.5, 0.6) is 0 Å². The summed E-state index contributed by atoms with van der Waals surface area (Å²) in [5.41, 5.74) is 0.635. The van der Waals surface area contributed by atoms with Gasteiger partial charge in [-0.05, 0) is 50.5 Å². The van der Waals surface area contributed by atoms with Gasteiger partial charge in [0.25, 0.3) is 0 Å². The van der Waals surface area contributed by atoms with Gasteiger partial charge in [0, 0.05) is 13.2 Å². The molecular weight excluding hydrogens is 198 g/mol. The molecule has 2 aliphatic rings. The quantitative estimate of drug-likeness (QED) is 0.701. The minimum absolute atomic E-state index is 0.550. The van der Waals surface area contributed by atoms with E-state index in [0.717, 1.165) is 13.2 Å². The fourth-order valence-electron chi connectivity index (χ4n) is 3.27. The highest BCUT2D eigenvalue weighted by Gasteiger charge is 2.31. The molecule has 0 aromatic heterocycles. The van der Waals surface area contributed by atoms with Gasteiger partial charge in [0.1, 0.15) is 0 Å². The molecule has 0 amide bonds. The number of ether oxygens (including phenoxy) is 1. The first-order valence-electron chi connectivity index (χ1n) is 7.17. The second-order valence-electron chi connectivity index (χ2n) is 5.66. The Morgan fingerprint density at radius 2 is 2.06 bits per heavy atom. The van der Waals surface area contributed by atoms with Crippen LogP contribution in [0, 0.1) is 5.41 Å². The van der Waals surface area contributed by atoms with Crippen molar-refractivity contribution in [2.24, 2.45) is 5.41 Å². The summed E-state index contributed by atoms with van der Waals surface area (Å²) in [4.78, 5) is 0. The molecule has 0 spiro atoms. The molecule has 1 aliphatic heterocycles. The Hall–Kier alpha value is -0.0800. The summed E-state index contributed by atoms with van der Waals surface area (Å²) in [5.74, 6) is 0. The van der Waals surface area contributed by atoms with E-state index < -0.39 is 0 Å². The Morgan fingerprint density at radius 1 is 1.25 bits per heavy atom. The molecule has 1 unspecified atom stereocenters. The monoisotopic (exact) mass is 225 g/mol. The maximum atomic E-state index is 5.64. The van der Waals surface area contributed by atoms with E-state index in [-0.39, 0.29) is 0 Å². The minimum atomic E-state index is 0.550. The molecule has 0 aromatic carbocycles. The molecule has 16 heavy (non-hydrogen) atoms. The molecule has 94 valence electrons. The third kappa shape index (κ3) is 3.21. The van der Waals surface area contributed by atoms with Crippen LogP contribution >= 0.6 is 0 Å². The predicted octanol–water partition coefficient (Wildman–Crippen LogP) is 3.12. The second-order valence-corrected chi connectivity index (χ2v) is 5.66. The lowest BCUT2D eigenvalue weighted by Gasteiger charge is -2.28. The fraction of sp³-hybridized carbons (Fsp3) is 1.00. The second kappa shape index (κ2) is 6.02. The molecule has 2 nitrogen and oxygen atoms in total. The van der Waals surface area contributed by atoms with Gasteiger partial charge in [-0.2, -0.15) is 0 Å². The number of hydrogen-bond donors (Lipinski definition) is 1. The zero-order chi connectivity index (χ0) is 11.3. The van der Waals surface area contributed by atoms with E-state index in [1.165, 1.54) is 57.9 Å². The minimum Gasteiger partial charge on any atom is -0.378 e. The van der Waals surface area contributed by atoms with Crippen molar-refractivity contribution in [1.29, 1.82) is 0 Å². The fourth-order valence-corrected chi connectivity index (χ4v) is 3.27. The molecule has 1 saturated heterocycles. The summed E-state index contributed by atoms with van der Waals surface area (Å²) in [6.07, 6.45) is 11.4. The molecule has 0 aromatic rings. The van der Waals surface area contributed by atoms with Crippen LogP contribution in [-0.2, 0) is 4.74 Å². The van der Waals surface area contributed by atoms with Crippen molar-refractivity contribution in [3.63, 3.8) is 0 Å². The van der Waals surface area contributed by atoms with Gasteiger partial charge < -0.3 is 10.1 Å². The van der Waals surface area contributed by atoms with Gasteiger partial charge in [-0.1, -0.05) is 19.8 Å². The first-order chi connectivity index (χ1) is 7.85. The summed E-state index contributed by atoms with van der Waals surface area (Å²) in [6, 6.07) is 0. The van der Waals surface area contributed by atoms with E-state index in [1.54, 1.807) is 0 Å². The largest absolute Gasteiger partial charge is 0.378 e. The van der Waals surface area contributed by atoms with Crippen molar-refractivity contribution in [3.8, 4) is 0 Å². The highest BCUT2D eigenvalue weighted by Crippen LogP contribution is 2.40. The van der Waals surface area contributed by atoms with Crippen molar-refractivity contribution >= 4 is 0 Å². The van der Waals surface area contributed by atoms with Crippen LogP contribution in [0.15, 0.2) is 0 Å². The van der Waals surface area contributed by atoms with Crippen LogP contribution < -0.4 is 5.32 Å². The van der Waals surface area contributed by atoms with Gasteiger partial charge in [0.15, 0.2) is 0 Å². The Kier molecular flexibility index (Phi) is 4.66. The third-order valence-corrected chi connectivity index (χ3v) is 4.58. The van der Waals surface area contributed by atoms with Crippen molar-refractivity contribution in [1.82, 2.24) is 5.32 Å². The van der Waals surface area contributed by atoms with Crippen LogP contribution in [0.1, 0.15) is 58.3 Å². The van der Waals surface area contributed by atoms with Crippen molar-refractivity contribution in [3.05, 3.63) is 0 Å². The van der Waals surface area contributed by atoms with Gasteiger partial charge in [-0.3, -0.25) is 0 Å². The highest BCUT2D eigenvalue weighted by molar-refractivity contribution is 4.85. The molecule has 1 aliphatic carbocycles. The van der Waals surface area contributed by atoms with Crippen LogP contribution in [0.2, 0.25) is 0 Å². The van der Waals surface area contributed by atoms with Crippen LogP contribution in [0.25, 0.3) is 0 Å². The number of nitrogens with one attached hydrogen (secondary N) is 1. The molecule has 2 rings (SSSR count). The lowest BCUT2D eigenvalue weighted by molar-refractivity contribution is 0.103. The van der Waals surface area contributed by atoms with E-state index in [1.807, 2.05) is 0 Å². The van der Waals surface area contributed by atoms with Crippen molar-refractivity contribution < 1.29 is 4.74 Å². The normalized spacial score (nSPS) is 28.7. The zero-order valence-electron chi connectivity index (χ0n) is 10.8. The van der Waals surface area contributed by atoms with Crippen molar-refractivity contribution in [2.75, 3.05) is 19.7 Å². The van der Waals surface area contributed by atoms with E-state index in [0.29, 0.717) is 11.5 Å². The van der Waals surface area contributed by atoms with Gasteiger partial charge in [0.2, 0.25) is 0 Å². The maximum Gasteiger partial charge on any atom is 0.0588 e. The maximum absolute atomic E-state index is 5.64. The molecular formula is C14H27NO. The van der Waals surface area contributed by atoms with E-state index >= 15 is 0 Å². The first kappa shape index (κ1) is 12.4. The first-order valence-corrected chi connectivity index (χ1v) is 7.17. The summed E-state index contributed by atoms with van der Waals surface area (Å²) < 4.78 is 5.64. The van der Waals surface area contributed by atoms with Gasteiger partial charge in [0.05, 0.1) is 6.10 Å². The molecule has 1 saturated carbocycles. The smallest absolute Gasteiger partial charge is 0.0588 e. The molecule has 0 bridgehead atoms. The highest BCUT2D eigenvalue weighted by atomic mass is 16.5. The van der Waals surface area contributed by atoms with Crippen LogP contribution in [0.4, 0.5) is 0 Å². The molecule has 2 fully saturated rings. The lowest BCUT2D eigenvalue weighted by Crippen LogP contribution is -2.33. The Bertz CT molecular complexity index is 193. The predicted molar refractivity (Wildman–Crippen MR) is 67.7 cm³/mol. The standard InChI is InChI=1S/C14H27NO/c1-2-14(8-3-4-9-14)12-15-10-7-13-6-5-11-16-13/h13,15H,2-12H2,1H3. The van der Waals surface area contributed by atoms with Gasteiger partial charge in [-0.15, -0.1) is 0 Å². The average molecular weight is 225 g/mol. The van der Waals surface area contributed by atoms with Crippen LogP contribution in [-0.4, -0.2) is 25.8 Å². The van der Waals surface area contributed by atoms with Gasteiger partial charge >= 0.3 is 0 Å². The third-order valence-electron chi connectivity index (χ3n) is 4.58. The Morgan fingerprint density at radius 3 is 2.69 bits per heavy atom. The zero-order valence-corrected chi connectivity index (χ0v) is 10.8. The topological polar surface area (TPSA) is 21.3 Å². The number of hydrogen-bond acceptors (Lipinski definition) is 2. The number of rotatable bonds is 6. The molecule has 0 radical (unpaired) electrons. The van der Waals surface area contributed by atoms with Crippen LogP contribution in [0.3, 0.4) is 0 Å². The summed E-state index contributed by atoms with van der Waals surface area (Å²) in [6.45, 7) is 5.72. The molecule has 1 heterocycles. The molecule has 2 heteroatoms. The van der Waals surface area contributed by atoms with Gasteiger partial charge in [-0.25, -0.2) is 0 Å². The summed E-state index contributed by atoms with van der Waals surface area (Å²) in [5, 5.41) is 3.67. The molecule has 1 atom stereocenters. The van der Waals surface area contributed by atoms with E-state index in [9.17, 15) is 0 Å². The Labute approximate surface area is 100 Å². The summed E-state index contributed by atoms with van der Waals surface area (Å²) >= 11 is 0. The van der Waals surface area contributed by atoms with E-state index in [2.05, 4.69) is 12.2 Å². The molecule has 1 N–H and O–H groups in total. The Balaban J connectivity index is 1.59. The van der Waals surface area contributed by atoms with Crippen molar-refractivity contribution in [2.45, 2.75) is 64.4 Å². The van der Waals surface area contributed by atoms with E-state index in [4.69, 9.17) is 4.74 Å². The lowest BCUT2D eigenvalue weighted by atomic mass is 9.83.